The van der Waals surface area contributed by atoms with E-state index in [2.05, 4.69) is 34.7 Å². The van der Waals surface area contributed by atoms with Crippen molar-refractivity contribution in [2.45, 2.75) is 13.8 Å². The fourth-order valence-electron chi connectivity index (χ4n) is 1.57. The summed E-state index contributed by atoms with van der Waals surface area (Å²) in [6.07, 6.45) is 3.11. The van der Waals surface area contributed by atoms with Crippen molar-refractivity contribution in [3.05, 3.63) is 59.7 Å². The smallest absolute Gasteiger partial charge is 0.115 e. The van der Waals surface area contributed by atoms with E-state index in [0.717, 1.165) is 11.4 Å². The van der Waals surface area contributed by atoms with Crippen LogP contribution in [0, 0.1) is 13.8 Å². The normalized spacial score (nSPS) is 11.1. The van der Waals surface area contributed by atoms with E-state index in [0.29, 0.717) is 0 Å². The topological polar surface area (TPSA) is 48.8 Å². The maximum absolute atomic E-state index is 3.89. The van der Waals surface area contributed by atoms with Crippen molar-refractivity contribution in [2.75, 3.05) is 10.6 Å². The maximum Gasteiger partial charge on any atom is 0.115 e. The Morgan fingerprint density at radius 1 is 0.650 bits per heavy atom. The van der Waals surface area contributed by atoms with Gasteiger partial charge in [0.05, 0.1) is 0 Å². The van der Waals surface area contributed by atoms with Gasteiger partial charge < -0.3 is 10.6 Å². The quantitative estimate of drug-likeness (QED) is 0.491. The number of nitrogens with zero attached hydrogens (tertiary/aromatic N) is 2. The summed E-state index contributed by atoms with van der Waals surface area (Å²) in [5, 5.41) is 13.9. The molecule has 2 N–H and O–H groups in total. The van der Waals surface area contributed by atoms with E-state index in [1.807, 2.05) is 48.5 Å². The second-order valence-corrected chi connectivity index (χ2v) is 4.51. The molecule has 0 aliphatic rings. The van der Waals surface area contributed by atoms with E-state index in [1.165, 1.54) is 11.1 Å². The number of benzene rings is 2. The molecule has 0 bridgehead atoms. The number of hydrogen-bond acceptors (Lipinski definition) is 2. The van der Waals surface area contributed by atoms with Gasteiger partial charge >= 0.3 is 0 Å². The van der Waals surface area contributed by atoms with Gasteiger partial charge in [0, 0.05) is 11.4 Å². The zero-order valence-electron chi connectivity index (χ0n) is 11.7. The minimum atomic E-state index is 0.987. The fraction of sp³-hybridized carbons (Fsp3) is 0.125. The second-order valence-electron chi connectivity index (χ2n) is 4.51. The second kappa shape index (κ2) is 7.09. The van der Waals surface area contributed by atoms with Crippen molar-refractivity contribution in [1.29, 1.82) is 0 Å². The molecule has 0 unspecified atom stereocenters. The standard InChI is InChI=1S/C16H18N4/c1-13-3-7-15(8-4-13)17-11-19-20-12-18-16-9-5-14(2)6-10-16/h3-12H,1-2H3,(H,17,19)(H,18,20). The number of nitrogens with one attached hydrogen (secondary N) is 2. The van der Waals surface area contributed by atoms with Crippen LogP contribution in [0.4, 0.5) is 11.4 Å². The van der Waals surface area contributed by atoms with Crippen molar-refractivity contribution < 1.29 is 0 Å². The molecular formula is C16H18N4. The first kappa shape index (κ1) is 13.8. The highest BCUT2D eigenvalue weighted by Gasteiger charge is 1.88. The Hall–Kier alpha value is -2.62. The molecule has 0 aromatic heterocycles. The van der Waals surface area contributed by atoms with Crippen LogP contribution >= 0.6 is 0 Å². The molecular weight excluding hydrogens is 248 g/mol. The summed E-state index contributed by atoms with van der Waals surface area (Å²) in [6.45, 7) is 4.11. The van der Waals surface area contributed by atoms with Crippen LogP contribution in [0.2, 0.25) is 0 Å². The summed E-state index contributed by atoms with van der Waals surface area (Å²) < 4.78 is 0. The zero-order chi connectivity index (χ0) is 14.2. The lowest BCUT2D eigenvalue weighted by molar-refractivity contribution is 1.26. The number of hydrogen-bond donors (Lipinski definition) is 2. The lowest BCUT2D eigenvalue weighted by atomic mass is 10.2. The lowest BCUT2D eigenvalue weighted by Crippen LogP contribution is -1.96. The first-order valence-corrected chi connectivity index (χ1v) is 6.44. The molecule has 4 heteroatoms. The lowest BCUT2D eigenvalue weighted by Gasteiger charge is -1.99. The van der Waals surface area contributed by atoms with E-state index in [-0.39, 0.29) is 0 Å². The monoisotopic (exact) mass is 266 g/mol. The molecule has 0 spiro atoms. The van der Waals surface area contributed by atoms with Crippen molar-refractivity contribution in [1.82, 2.24) is 0 Å². The van der Waals surface area contributed by atoms with Gasteiger partial charge in [0.25, 0.3) is 0 Å². The average Bonchev–Trinajstić information content (AvgIpc) is 2.46. The van der Waals surface area contributed by atoms with Gasteiger partial charge in [-0.15, -0.1) is 10.2 Å². The maximum atomic E-state index is 3.89. The molecule has 0 atom stereocenters. The third kappa shape index (κ3) is 4.57. The predicted molar refractivity (Wildman–Crippen MR) is 86.6 cm³/mol. The summed E-state index contributed by atoms with van der Waals surface area (Å²) >= 11 is 0. The van der Waals surface area contributed by atoms with E-state index in [9.17, 15) is 0 Å². The first-order chi connectivity index (χ1) is 9.74. The van der Waals surface area contributed by atoms with Crippen LogP contribution in [0.3, 0.4) is 0 Å². The van der Waals surface area contributed by atoms with Crippen LogP contribution in [-0.4, -0.2) is 12.7 Å². The highest BCUT2D eigenvalue weighted by atomic mass is 15.2. The summed E-state index contributed by atoms with van der Waals surface area (Å²) in [5.41, 5.74) is 4.43. The van der Waals surface area contributed by atoms with Crippen LogP contribution in [-0.2, 0) is 0 Å². The van der Waals surface area contributed by atoms with Crippen molar-refractivity contribution in [2.24, 2.45) is 10.2 Å². The minimum Gasteiger partial charge on any atom is -0.345 e. The van der Waals surface area contributed by atoms with E-state index in [4.69, 9.17) is 0 Å². The number of rotatable bonds is 5. The van der Waals surface area contributed by atoms with Crippen molar-refractivity contribution >= 4 is 24.1 Å². The summed E-state index contributed by atoms with van der Waals surface area (Å²) in [5.74, 6) is 0. The number of anilines is 2. The summed E-state index contributed by atoms with van der Waals surface area (Å²) in [6, 6.07) is 16.1. The molecule has 4 nitrogen and oxygen atoms in total. The minimum absolute atomic E-state index is 0.987. The molecule has 0 aliphatic heterocycles. The Bertz CT molecular complexity index is 527. The molecule has 20 heavy (non-hydrogen) atoms. The highest BCUT2D eigenvalue weighted by molar-refractivity contribution is 5.78. The molecule has 0 heterocycles. The van der Waals surface area contributed by atoms with Crippen LogP contribution in [0.1, 0.15) is 11.1 Å². The predicted octanol–water partition coefficient (Wildman–Crippen LogP) is 3.80. The van der Waals surface area contributed by atoms with Gasteiger partial charge in [0.1, 0.15) is 12.7 Å². The van der Waals surface area contributed by atoms with Crippen LogP contribution in [0.25, 0.3) is 0 Å². The third-order valence-electron chi connectivity index (χ3n) is 2.75. The average molecular weight is 266 g/mol. The SMILES string of the molecule is Cc1ccc(N/C=N/N=C/Nc2ccc(C)cc2)cc1. The molecule has 2 aromatic carbocycles. The van der Waals surface area contributed by atoms with Gasteiger partial charge in [0.15, 0.2) is 0 Å². The molecule has 0 radical (unpaired) electrons. The van der Waals surface area contributed by atoms with Crippen molar-refractivity contribution in [3.8, 4) is 0 Å². The first-order valence-electron chi connectivity index (χ1n) is 6.44. The molecule has 102 valence electrons. The van der Waals surface area contributed by atoms with Gasteiger partial charge in [-0.1, -0.05) is 35.4 Å². The van der Waals surface area contributed by atoms with Gasteiger partial charge in [0.2, 0.25) is 0 Å². The largest absolute Gasteiger partial charge is 0.345 e. The van der Waals surface area contributed by atoms with Crippen molar-refractivity contribution in [3.63, 3.8) is 0 Å². The molecule has 0 aliphatic carbocycles. The van der Waals surface area contributed by atoms with E-state index < -0.39 is 0 Å². The van der Waals surface area contributed by atoms with E-state index >= 15 is 0 Å². The van der Waals surface area contributed by atoms with Crippen LogP contribution in [0.5, 0.6) is 0 Å². The van der Waals surface area contributed by atoms with Gasteiger partial charge in [-0.3, -0.25) is 0 Å². The van der Waals surface area contributed by atoms with Gasteiger partial charge in [-0.2, -0.15) is 0 Å². The molecule has 2 rings (SSSR count). The summed E-state index contributed by atoms with van der Waals surface area (Å²) in [7, 11) is 0. The molecule has 0 fully saturated rings. The summed E-state index contributed by atoms with van der Waals surface area (Å²) in [4.78, 5) is 0. The fourth-order valence-corrected chi connectivity index (χ4v) is 1.57. The number of aryl methyl sites for hydroxylation is 2. The zero-order valence-corrected chi connectivity index (χ0v) is 11.7. The Kier molecular flexibility index (Phi) is 4.89. The molecule has 0 amide bonds. The van der Waals surface area contributed by atoms with Gasteiger partial charge in [-0.25, -0.2) is 0 Å². The third-order valence-corrected chi connectivity index (χ3v) is 2.75. The van der Waals surface area contributed by atoms with Crippen LogP contribution in [0.15, 0.2) is 58.7 Å². The van der Waals surface area contributed by atoms with Crippen LogP contribution < -0.4 is 10.6 Å². The Morgan fingerprint density at radius 3 is 1.35 bits per heavy atom. The highest BCUT2D eigenvalue weighted by Crippen LogP contribution is 2.07. The molecule has 2 aromatic rings. The van der Waals surface area contributed by atoms with E-state index in [1.54, 1.807) is 12.7 Å². The Balaban J connectivity index is 1.76. The molecule has 0 saturated heterocycles. The Morgan fingerprint density at radius 2 is 1.00 bits per heavy atom. The molecule has 0 saturated carbocycles. The van der Waals surface area contributed by atoms with Gasteiger partial charge in [-0.05, 0) is 38.1 Å². The Labute approximate surface area is 119 Å².